The zero-order chi connectivity index (χ0) is 17.7. The summed E-state index contributed by atoms with van der Waals surface area (Å²) >= 11 is 6.00. The summed E-state index contributed by atoms with van der Waals surface area (Å²) in [7, 11) is 0. The molecular formula is C19H27ClN2O2. The number of hydrogen-bond donors (Lipinski definition) is 1. The summed E-state index contributed by atoms with van der Waals surface area (Å²) < 4.78 is 0. The molecule has 0 saturated heterocycles. The summed E-state index contributed by atoms with van der Waals surface area (Å²) in [6.07, 6.45) is 3.12. The number of nitrogens with one attached hydrogen (secondary N) is 1. The van der Waals surface area contributed by atoms with Gasteiger partial charge in [-0.05, 0) is 64.2 Å². The highest BCUT2D eigenvalue weighted by molar-refractivity contribution is 6.31. The van der Waals surface area contributed by atoms with Gasteiger partial charge in [0.05, 0.1) is 0 Å². The fourth-order valence-corrected chi connectivity index (χ4v) is 3.53. The van der Waals surface area contributed by atoms with E-state index in [0.29, 0.717) is 5.02 Å². The molecule has 0 aliphatic heterocycles. The number of anilines is 1. The van der Waals surface area contributed by atoms with Crippen LogP contribution in [0.4, 0.5) is 5.69 Å². The van der Waals surface area contributed by atoms with E-state index in [1.165, 1.54) is 0 Å². The Kier molecular flexibility index (Phi) is 6.67. The third kappa shape index (κ3) is 4.50. The predicted octanol–water partition coefficient (Wildman–Crippen LogP) is 4.26. The topological polar surface area (TPSA) is 49.4 Å². The van der Waals surface area contributed by atoms with Gasteiger partial charge in [0.2, 0.25) is 11.8 Å². The van der Waals surface area contributed by atoms with Crippen molar-refractivity contribution in [3.63, 3.8) is 0 Å². The monoisotopic (exact) mass is 350 g/mol. The highest BCUT2D eigenvalue weighted by Gasteiger charge is 2.31. The fraction of sp³-hybridized carbons (Fsp3) is 0.579. The minimum absolute atomic E-state index is 0.0239. The van der Waals surface area contributed by atoms with Gasteiger partial charge >= 0.3 is 0 Å². The number of rotatable bonds is 5. The van der Waals surface area contributed by atoms with Crippen molar-refractivity contribution in [1.29, 1.82) is 0 Å². The van der Waals surface area contributed by atoms with E-state index in [1.54, 1.807) is 6.07 Å². The molecule has 0 spiro atoms. The lowest BCUT2D eigenvalue weighted by Crippen LogP contribution is -2.38. The Bertz CT molecular complexity index is 591. The van der Waals surface area contributed by atoms with E-state index in [2.05, 4.69) is 5.32 Å². The average molecular weight is 351 g/mol. The van der Waals surface area contributed by atoms with Crippen LogP contribution >= 0.6 is 11.6 Å². The van der Waals surface area contributed by atoms with Crippen LogP contribution in [0.15, 0.2) is 18.2 Å². The second-order valence-electron chi connectivity index (χ2n) is 6.51. The molecule has 0 aromatic heterocycles. The number of carbonyl (C=O) groups excluding carboxylic acids is 2. The molecule has 0 heterocycles. The van der Waals surface area contributed by atoms with Crippen molar-refractivity contribution < 1.29 is 9.59 Å². The summed E-state index contributed by atoms with van der Waals surface area (Å²) in [5.74, 6) is 0.324. The van der Waals surface area contributed by atoms with Gasteiger partial charge in [-0.1, -0.05) is 17.7 Å². The zero-order valence-electron chi connectivity index (χ0n) is 14.8. The first kappa shape index (κ1) is 18.8. The molecule has 1 saturated carbocycles. The molecule has 1 aliphatic rings. The summed E-state index contributed by atoms with van der Waals surface area (Å²) in [6, 6.07) is 5.50. The van der Waals surface area contributed by atoms with Crippen molar-refractivity contribution in [3.05, 3.63) is 28.8 Å². The number of hydrogen-bond acceptors (Lipinski definition) is 2. The third-order valence-corrected chi connectivity index (χ3v) is 5.21. The molecule has 0 unspecified atom stereocenters. The maximum atomic E-state index is 12.5. The van der Waals surface area contributed by atoms with Crippen LogP contribution < -0.4 is 5.32 Å². The smallest absolute Gasteiger partial charge is 0.227 e. The second-order valence-corrected chi connectivity index (χ2v) is 6.94. The van der Waals surface area contributed by atoms with Gasteiger partial charge in [0, 0.05) is 35.6 Å². The van der Waals surface area contributed by atoms with Gasteiger partial charge in [0.15, 0.2) is 0 Å². The first-order chi connectivity index (χ1) is 11.5. The van der Waals surface area contributed by atoms with Crippen LogP contribution in [0, 0.1) is 18.8 Å². The maximum absolute atomic E-state index is 12.5. The number of halogens is 1. The van der Waals surface area contributed by atoms with Crippen LogP contribution in [-0.2, 0) is 9.59 Å². The third-order valence-electron chi connectivity index (χ3n) is 4.98. The molecule has 132 valence electrons. The molecule has 0 radical (unpaired) electrons. The Morgan fingerprint density at radius 2 is 1.71 bits per heavy atom. The van der Waals surface area contributed by atoms with Crippen LogP contribution in [0.25, 0.3) is 0 Å². The van der Waals surface area contributed by atoms with E-state index in [1.807, 2.05) is 37.8 Å². The Labute approximate surface area is 149 Å². The van der Waals surface area contributed by atoms with Crippen molar-refractivity contribution in [3.8, 4) is 0 Å². The summed E-state index contributed by atoms with van der Waals surface area (Å²) in [5.41, 5.74) is 1.77. The van der Waals surface area contributed by atoms with Crippen LogP contribution in [-0.4, -0.2) is 29.8 Å². The maximum Gasteiger partial charge on any atom is 0.227 e. The Morgan fingerprint density at radius 3 is 2.29 bits per heavy atom. The van der Waals surface area contributed by atoms with E-state index in [9.17, 15) is 9.59 Å². The number of amides is 2. The van der Waals surface area contributed by atoms with Crippen LogP contribution in [0.1, 0.15) is 45.1 Å². The quantitative estimate of drug-likeness (QED) is 0.862. The lowest BCUT2D eigenvalue weighted by Gasteiger charge is -2.30. The lowest BCUT2D eigenvalue weighted by atomic mass is 9.81. The van der Waals surface area contributed by atoms with Crippen molar-refractivity contribution in [1.82, 2.24) is 4.90 Å². The van der Waals surface area contributed by atoms with Crippen LogP contribution in [0.2, 0.25) is 5.02 Å². The summed E-state index contributed by atoms with van der Waals surface area (Å²) in [6.45, 7) is 7.47. The van der Waals surface area contributed by atoms with E-state index < -0.39 is 0 Å². The van der Waals surface area contributed by atoms with Gasteiger partial charge in [-0.2, -0.15) is 0 Å². The minimum atomic E-state index is -0.0239. The number of carbonyl (C=O) groups is 2. The lowest BCUT2D eigenvalue weighted by molar-refractivity contribution is -0.137. The Morgan fingerprint density at radius 1 is 1.12 bits per heavy atom. The molecule has 0 atom stereocenters. The van der Waals surface area contributed by atoms with Gasteiger partial charge in [0.1, 0.15) is 0 Å². The first-order valence-electron chi connectivity index (χ1n) is 8.82. The van der Waals surface area contributed by atoms with Gasteiger partial charge in [0.25, 0.3) is 0 Å². The standard InChI is InChI=1S/C19H27ClN2O2/c1-4-22(5-2)19(24)15-9-7-14(8-10-15)18(23)21-17-12-16(20)11-6-13(17)3/h6,11-12,14-15H,4-5,7-10H2,1-3H3,(H,21,23). The molecule has 5 heteroatoms. The van der Waals surface area contributed by atoms with Crippen molar-refractivity contribution in [2.45, 2.75) is 46.5 Å². The van der Waals surface area contributed by atoms with Crippen LogP contribution in [0.3, 0.4) is 0 Å². The van der Waals surface area contributed by atoms with Gasteiger partial charge < -0.3 is 10.2 Å². The molecule has 1 fully saturated rings. The largest absolute Gasteiger partial charge is 0.343 e. The van der Waals surface area contributed by atoms with E-state index >= 15 is 0 Å². The molecule has 1 aliphatic carbocycles. The molecule has 1 aromatic rings. The van der Waals surface area contributed by atoms with Crippen molar-refractivity contribution >= 4 is 29.1 Å². The van der Waals surface area contributed by atoms with Crippen molar-refractivity contribution in [2.75, 3.05) is 18.4 Å². The SMILES string of the molecule is CCN(CC)C(=O)C1CCC(C(=O)Nc2cc(Cl)ccc2C)CC1. The van der Waals surface area contributed by atoms with E-state index in [4.69, 9.17) is 11.6 Å². The van der Waals surface area contributed by atoms with Gasteiger partial charge in [-0.3, -0.25) is 9.59 Å². The second kappa shape index (κ2) is 8.52. The average Bonchev–Trinajstić information content (AvgIpc) is 2.59. The molecule has 1 N–H and O–H groups in total. The van der Waals surface area contributed by atoms with E-state index in [-0.39, 0.29) is 23.7 Å². The molecule has 2 rings (SSSR count). The Balaban J connectivity index is 1.91. The number of aryl methyl sites for hydroxylation is 1. The highest BCUT2D eigenvalue weighted by atomic mass is 35.5. The Hall–Kier alpha value is -1.55. The number of benzene rings is 1. The highest BCUT2D eigenvalue weighted by Crippen LogP contribution is 2.31. The molecule has 1 aromatic carbocycles. The zero-order valence-corrected chi connectivity index (χ0v) is 15.5. The van der Waals surface area contributed by atoms with Gasteiger partial charge in [-0.25, -0.2) is 0 Å². The molecule has 24 heavy (non-hydrogen) atoms. The van der Waals surface area contributed by atoms with Crippen molar-refractivity contribution in [2.24, 2.45) is 11.8 Å². The molecule has 0 bridgehead atoms. The molecular weight excluding hydrogens is 324 g/mol. The number of nitrogens with zero attached hydrogens (tertiary/aromatic N) is 1. The molecule has 4 nitrogen and oxygen atoms in total. The molecule has 2 amide bonds. The predicted molar refractivity (Wildman–Crippen MR) is 98.2 cm³/mol. The first-order valence-corrected chi connectivity index (χ1v) is 9.19. The minimum Gasteiger partial charge on any atom is -0.343 e. The summed E-state index contributed by atoms with van der Waals surface area (Å²) in [5, 5.41) is 3.61. The normalized spacial score (nSPS) is 20.5. The van der Waals surface area contributed by atoms with E-state index in [0.717, 1.165) is 50.0 Å². The summed E-state index contributed by atoms with van der Waals surface area (Å²) in [4.78, 5) is 26.8. The van der Waals surface area contributed by atoms with Crippen LogP contribution in [0.5, 0.6) is 0 Å². The fourth-order valence-electron chi connectivity index (χ4n) is 3.36. The van der Waals surface area contributed by atoms with Gasteiger partial charge in [-0.15, -0.1) is 0 Å².